The van der Waals surface area contributed by atoms with Gasteiger partial charge in [-0.2, -0.15) is 0 Å². The molecule has 0 bridgehead atoms. The number of aromatic nitrogens is 1. The van der Waals surface area contributed by atoms with Crippen LogP contribution in [0, 0.1) is 5.82 Å². The SMILES string of the molecule is CN(C)CCc1c[nH]c2cc(F)cc(N3CCOCC3)c12. The summed E-state index contributed by atoms with van der Waals surface area (Å²) < 4.78 is 19.3. The molecule has 1 aromatic carbocycles. The van der Waals surface area contributed by atoms with Gasteiger partial charge in [0, 0.05) is 36.9 Å². The van der Waals surface area contributed by atoms with Gasteiger partial charge < -0.3 is 19.5 Å². The lowest BCUT2D eigenvalue weighted by molar-refractivity contribution is 0.123. The van der Waals surface area contributed by atoms with Gasteiger partial charge in [-0.15, -0.1) is 0 Å². The quantitative estimate of drug-likeness (QED) is 0.937. The summed E-state index contributed by atoms with van der Waals surface area (Å²) in [5, 5.41) is 1.15. The van der Waals surface area contributed by atoms with Crippen LogP contribution in [0.25, 0.3) is 10.9 Å². The smallest absolute Gasteiger partial charge is 0.127 e. The first kappa shape index (κ1) is 14.4. The van der Waals surface area contributed by atoms with E-state index in [0.717, 1.165) is 42.6 Å². The molecule has 0 aliphatic carbocycles. The Morgan fingerprint density at radius 1 is 1.29 bits per heavy atom. The zero-order valence-electron chi connectivity index (χ0n) is 12.7. The molecule has 0 unspecified atom stereocenters. The van der Waals surface area contributed by atoms with E-state index in [0.29, 0.717) is 13.2 Å². The van der Waals surface area contributed by atoms with Crippen LogP contribution in [0.15, 0.2) is 18.3 Å². The van der Waals surface area contributed by atoms with E-state index in [1.54, 1.807) is 12.1 Å². The number of nitrogens with zero attached hydrogens (tertiary/aromatic N) is 2. The van der Waals surface area contributed by atoms with E-state index in [2.05, 4.69) is 28.9 Å². The van der Waals surface area contributed by atoms with Gasteiger partial charge in [-0.3, -0.25) is 0 Å². The van der Waals surface area contributed by atoms with Gasteiger partial charge in [-0.25, -0.2) is 4.39 Å². The minimum atomic E-state index is -0.190. The number of fused-ring (bicyclic) bond motifs is 1. The molecule has 1 aliphatic rings. The number of nitrogens with one attached hydrogen (secondary N) is 1. The predicted octanol–water partition coefficient (Wildman–Crippen LogP) is 2.25. The molecule has 1 aromatic heterocycles. The van der Waals surface area contributed by atoms with Crippen LogP contribution >= 0.6 is 0 Å². The van der Waals surface area contributed by atoms with E-state index >= 15 is 0 Å². The largest absolute Gasteiger partial charge is 0.378 e. The molecular formula is C16H22FN3O. The van der Waals surface area contributed by atoms with Gasteiger partial charge in [-0.05, 0) is 38.2 Å². The highest BCUT2D eigenvalue weighted by molar-refractivity contribution is 5.95. The average molecular weight is 291 g/mol. The topological polar surface area (TPSA) is 31.5 Å². The van der Waals surface area contributed by atoms with Crippen LogP contribution in [-0.2, 0) is 11.2 Å². The fraction of sp³-hybridized carbons (Fsp3) is 0.500. The first-order valence-electron chi connectivity index (χ1n) is 7.42. The lowest BCUT2D eigenvalue weighted by atomic mass is 10.1. The number of H-pyrrole nitrogens is 1. The monoisotopic (exact) mass is 291 g/mol. The fourth-order valence-corrected chi connectivity index (χ4v) is 2.88. The maximum Gasteiger partial charge on any atom is 0.127 e. The molecule has 4 nitrogen and oxygen atoms in total. The summed E-state index contributed by atoms with van der Waals surface area (Å²) >= 11 is 0. The molecule has 5 heteroatoms. The molecule has 1 saturated heterocycles. The zero-order valence-corrected chi connectivity index (χ0v) is 12.7. The number of hydrogen-bond acceptors (Lipinski definition) is 3. The highest BCUT2D eigenvalue weighted by Crippen LogP contribution is 2.32. The Morgan fingerprint density at radius 3 is 2.76 bits per heavy atom. The molecule has 0 amide bonds. The number of benzene rings is 1. The minimum absolute atomic E-state index is 0.190. The van der Waals surface area contributed by atoms with Gasteiger partial charge in [0.1, 0.15) is 5.82 Å². The van der Waals surface area contributed by atoms with Crippen molar-refractivity contribution in [2.75, 3.05) is 51.8 Å². The Bertz CT molecular complexity index is 617. The molecule has 2 aromatic rings. The number of rotatable bonds is 4. The second-order valence-electron chi connectivity index (χ2n) is 5.81. The average Bonchev–Trinajstić information content (AvgIpc) is 2.88. The fourth-order valence-electron chi connectivity index (χ4n) is 2.88. The summed E-state index contributed by atoms with van der Waals surface area (Å²) in [6.45, 7) is 4.02. The van der Waals surface area contributed by atoms with Crippen molar-refractivity contribution in [3.05, 3.63) is 29.7 Å². The van der Waals surface area contributed by atoms with Crippen LogP contribution in [0.1, 0.15) is 5.56 Å². The number of morpholine rings is 1. The van der Waals surface area contributed by atoms with Gasteiger partial charge in [0.25, 0.3) is 0 Å². The van der Waals surface area contributed by atoms with E-state index in [4.69, 9.17) is 4.74 Å². The second-order valence-corrected chi connectivity index (χ2v) is 5.81. The minimum Gasteiger partial charge on any atom is -0.378 e. The van der Waals surface area contributed by atoms with E-state index in [-0.39, 0.29) is 5.82 Å². The first-order valence-corrected chi connectivity index (χ1v) is 7.42. The van der Waals surface area contributed by atoms with Crippen LogP contribution in [0.3, 0.4) is 0 Å². The number of aromatic amines is 1. The zero-order chi connectivity index (χ0) is 14.8. The summed E-state index contributed by atoms with van der Waals surface area (Å²) in [6.07, 6.45) is 2.97. The molecule has 1 aliphatic heterocycles. The van der Waals surface area contributed by atoms with E-state index in [1.807, 2.05) is 6.20 Å². The van der Waals surface area contributed by atoms with Crippen molar-refractivity contribution >= 4 is 16.6 Å². The summed E-state index contributed by atoms with van der Waals surface area (Å²) in [5.74, 6) is -0.190. The lowest BCUT2D eigenvalue weighted by Crippen LogP contribution is -2.36. The molecular weight excluding hydrogens is 269 g/mol. The van der Waals surface area contributed by atoms with Crippen LogP contribution < -0.4 is 4.90 Å². The molecule has 1 N–H and O–H groups in total. The number of ether oxygens (including phenoxy) is 1. The Hall–Kier alpha value is -1.59. The van der Waals surface area contributed by atoms with Crippen LogP contribution in [0.5, 0.6) is 0 Å². The van der Waals surface area contributed by atoms with E-state index in [1.165, 1.54) is 5.56 Å². The van der Waals surface area contributed by atoms with Crippen molar-refractivity contribution in [3.63, 3.8) is 0 Å². The van der Waals surface area contributed by atoms with Gasteiger partial charge in [-0.1, -0.05) is 0 Å². The Balaban J connectivity index is 2.01. The summed E-state index contributed by atoms with van der Waals surface area (Å²) in [4.78, 5) is 7.60. The standard InChI is InChI=1S/C16H22FN3O/c1-19(2)4-3-12-11-18-14-9-13(17)10-15(16(12)14)20-5-7-21-8-6-20/h9-11,18H,3-8H2,1-2H3. The molecule has 21 heavy (non-hydrogen) atoms. The predicted molar refractivity (Wildman–Crippen MR) is 83.5 cm³/mol. The third kappa shape index (κ3) is 3.04. The third-order valence-electron chi connectivity index (χ3n) is 3.99. The van der Waals surface area contributed by atoms with Crippen molar-refractivity contribution < 1.29 is 9.13 Å². The highest BCUT2D eigenvalue weighted by atomic mass is 19.1. The van der Waals surface area contributed by atoms with E-state index in [9.17, 15) is 4.39 Å². The third-order valence-corrected chi connectivity index (χ3v) is 3.99. The van der Waals surface area contributed by atoms with E-state index < -0.39 is 0 Å². The normalized spacial score (nSPS) is 16.1. The first-order chi connectivity index (χ1) is 10.1. The van der Waals surface area contributed by atoms with Crippen LogP contribution in [0.2, 0.25) is 0 Å². The lowest BCUT2D eigenvalue weighted by Gasteiger charge is -2.30. The molecule has 0 atom stereocenters. The van der Waals surface area contributed by atoms with Crippen LogP contribution in [-0.4, -0.2) is 56.8 Å². The number of anilines is 1. The highest BCUT2D eigenvalue weighted by Gasteiger charge is 2.18. The van der Waals surface area contributed by atoms with Crippen molar-refractivity contribution in [3.8, 4) is 0 Å². The number of likely N-dealkylation sites (N-methyl/N-ethyl adjacent to an activating group) is 1. The Kier molecular flexibility index (Phi) is 4.12. The van der Waals surface area contributed by atoms with Gasteiger partial charge >= 0.3 is 0 Å². The second kappa shape index (κ2) is 6.03. The molecule has 114 valence electrons. The molecule has 0 saturated carbocycles. The maximum absolute atomic E-state index is 13.9. The molecule has 3 rings (SSSR count). The Morgan fingerprint density at radius 2 is 2.05 bits per heavy atom. The Labute approximate surface area is 124 Å². The van der Waals surface area contributed by atoms with Gasteiger partial charge in [0.15, 0.2) is 0 Å². The maximum atomic E-state index is 13.9. The molecule has 0 spiro atoms. The van der Waals surface area contributed by atoms with Crippen molar-refractivity contribution in [2.45, 2.75) is 6.42 Å². The molecule has 0 radical (unpaired) electrons. The number of hydrogen-bond donors (Lipinski definition) is 1. The summed E-state index contributed by atoms with van der Waals surface area (Å²) in [5.41, 5.74) is 3.12. The molecule has 2 heterocycles. The van der Waals surface area contributed by atoms with Crippen molar-refractivity contribution in [2.24, 2.45) is 0 Å². The van der Waals surface area contributed by atoms with Crippen LogP contribution in [0.4, 0.5) is 10.1 Å². The number of halogens is 1. The van der Waals surface area contributed by atoms with Gasteiger partial charge in [0.05, 0.1) is 18.7 Å². The summed E-state index contributed by atoms with van der Waals surface area (Å²) in [7, 11) is 4.13. The van der Waals surface area contributed by atoms with Crippen molar-refractivity contribution in [1.29, 1.82) is 0 Å². The van der Waals surface area contributed by atoms with Gasteiger partial charge in [0.2, 0.25) is 0 Å². The summed E-state index contributed by atoms with van der Waals surface area (Å²) in [6, 6.07) is 3.24. The molecule has 1 fully saturated rings. The van der Waals surface area contributed by atoms with Crippen molar-refractivity contribution in [1.82, 2.24) is 9.88 Å².